The molecule has 6 heteroatoms. The van der Waals surface area contributed by atoms with Gasteiger partial charge in [0.1, 0.15) is 12.1 Å². The molecular weight excluding hydrogens is 249 g/mol. The highest BCUT2D eigenvalue weighted by atomic mass is 35.5. The molecule has 1 N–H and O–H groups in total. The average molecular weight is 260 g/mol. The Bertz CT molecular complexity index is 430. The second-order valence-corrected chi connectivity index (χ2v) is 4.11. The quantitative estimate of drug-likeness (QED) is 0.516. The highest BCUT2D eigenvalue weighted by Crippen LogP contribution is 2.29. The summed E-state index contributed by atoms with van der Waals surface area (Å²) in [5.41, 5.74) is 0.424. The predicted molar refractivity (Wildman–Crippen MR) is 67.9 cm³/mol. The van der Waals surface area contributed by atoms with Gasteiger partial charge in [0.05, 0.1) is 11.2 Å². The van der Waals surface area contributed by atoms with E-state index in [0.717, 1.165) is 0 Å². The van der Waals surface area contributed by atoms with Gasteiger partial charge >= 0.3 is 0 Å². The van der Waals surface area contributed by atoms with Crippen molar-refractivity contribution >= 4 is 35.8 Å². The van der Waals surface area contributed by atoms with E-state index in [1.165, 1.54) is 18.6 Å². The SMILES string of the molecule is CN(C)C=NN=Cc1cc(Cl)cc(Cl)c1O. The number of rotatable bonds is 3. The summed E-state index contributed by atoms with van der Waals surface area (Å²) < 4.78 is 0. The molecule has 0 atom stereocenters. The summed E-state index contributed by atoms with van der Waals surface area (Å²) in [6.45, 7) is 0. The van der Waals surface area contributed by atoms with E-state index in [2.05, 4.69) is 10.2 Å². The zero-order valence-corrected chi connectivity index (χ0v) is 10.4. The molecule has 4 nitrogen and oxygen atoms in total. The third kappa shape index (κ3) is 3.72. The molecule has 0 radical (unpaired) electrons. The van der Waals surface area contributed by atoms with Gasteiger partial charge in [-0.3, -0.25) is 0 Å². The first-order chi connectivity index (χ1) is 7.50. The van der Waals surface area contributed by atoms with Crippen molar-refractivity contribution in [1.29, 1.82) is 0 Å². The Balaban J connectivity index is 2.89. The number of phenols is 1. The highest BCUT2D eigenvalue weighted by molar-refractivity contribution is 6.36. The summed E-state index contributed by atoms with van der Waals surface area (Å²) in [7, 11) is 3.65. The van der Waals surface area contributed by atoms with Crippen molar-refractivity contribution in [3.05, 3.63) is 27.7 Å². The Labute approximate surface area is 104 Å². The Kier molecular flexibility index (Phi) is 4.58. The molecule has 0 aliphatic heterocycles. The maximum Gasteiger partial charge on any atom is 0.143 e. The smallest absolute Gasteiger partial charge is 0.143 e. The lowest BCUT2D eigenvalue weighted by Crippen LogP contribution is -2.06. The summed E-state index contributed by atoms with van der Waals surface area (Å²) in [6.07, 6.45) is 2.91. The fourth-order valence-electron chi connectivity index (χ4n) is 0.913. The van der Waals surface area contributed by atoms with E-state index in [4.69, 9.17) is 23.2 Å². The Morgan fingerprint density at radius 2 is 1.94 bits per heavy atom. The standard InChI is InChI=1S/C10H11Cl2N3O/c1-15(2)6-14-13-5-7-3-8(11)4-9(12)10(7)16/h3-6,16H,1-2H3. The van der Waals surface area contributed by atoms with Gasteiger partial charge in [-0.2, -0.15) is 5.10 Å². The van der Waals surface area contributed by atoms with Crippen LogP contribution in [0.3, 0.4) is 0 Å². The summed E-state index contributed by atoms with van der Waals surface area (Å²) in [5, 5.41) is 17.7. The third-order valence-electron chi connectivity index (χ3n) is 1.60. The van der Waals surface area contributed by atoms with E-state index in [1.807, 2.05) is 14.1 Å². The zero-order valence-electron chi connectivity index (χ0n) is 8.85. The first-order valence-corrected chi connectivity index (χ1v) is 5.17. The summed E-state index contributed by atoms with van der Waals surface area (Å²) in [4.78, 5) is 1.74. The lowest BCUT2D eigenvalue weighted by molar-refractivity contribution is 0.474. The molecule has 0 fully saturated rings. The molecule has 0 spiro atoms. The van der Waals surface area contributed by atoms with Gasteiger partial charge in [0.15, 0.2) is 0 Å². The summed E-state index contributed by atoms with van der Waals surface area (Å²) >= 11 is 11.5. The van der Waals surface area contributed by atoms with E-state index in [9.17, 15) is 5.11 Å². The van der Waals surface area contributed by atoms with E-state index < -0.39 is 0 Å². The Morgan fingerprint density at radius 1 is 1.25 bits per heavy atom. The van der Waals surface area contributed by atoms with Crippen LogP contribution in [0.2, 0.25) is 10.0 Å². The van der Waals surface area contributed by atoms with Gasteiger partial charge in [-0.15, -0.1) is 5.10 Å². The predicted octanol–water partition coefficient (Wildman–Crippen LogP) is 2.62. The van der Waals surface area contributed by atoms with Crippen molar-refractivity contribution in [2.75, 3.05) is 14.1 Å². The van der Waals surface area contributed by atoms with Gasteiger partial charge in [-0.25, -0.2) is 0 Å². The fourth-order valence-corrected chi connectivity index (χ4v) is 1.42. The van der Waals surface area contributed by atoms with Crippen LogP contribution in [-0.4, -0.2) is 36.7 Å². The normalized spacial score (nSPS) is 11.5. The lowest BCUT2D eigenvalue weighted by Gasteiger charge is -2.01. The zero-order chi connectivity index (χ0) is 12.1. The summed E-state index contributed by atoms with van der Waals surface area (Å²) in [5.74, 6) is -0.0603. The van der Waals surface area contributed by atoms with Crippen LogP contribution in [0.1, 0.15) is 5.56 Å². The molecule has 16 heavy (non-hydrogen) atoms. The average Bonchev–Trinajstić information content (AvgIpc) is 2.19. The number of hydrogen-bond donors (Lipinski definition) is 1. The van der Waals surface area contributed by atoms with E-state index in [1.54, 1.807) is 11.0 Å². The molecule has 0 amide bonds. The minimum absolute atomic E-state index is 0.0603. The van der Waals surface area contributed by atoms with Crippen LogP contribution in [0.5, 0.6) is 5.75 Å². The number of nitrogens with zero attached hydrogens (tertiary/aromatic N) is 3. The van der Waals surface area contributed by atoms with Crippen molar-refractivity contribution in [1.82, 2.24) is 4.90 Å². The second kappa shape index (κ2) is 5.72. The first kappa shape index (κ1) is 12.8. The van der Waals surface area contributed by atoms with Gasteiger partial charge in [0.25, 0.3) is 0 Å². The van der Waals surface area contributed by atoms with Gasteiger partial charge in [-0.05, 0) is 12.1 Å². The summed E-state index contributed by atoms with van der Waals surface area (Å²) in [6, 6.07) is 3.01. The molecule has 0 bridgehead atoms. The molecule has 0 unspecified atom stereocenters. The molecule has 0 aromatic heterocycles. The number of phenolic OH excluding ortho intramolecular Hbond substituents is 1. The Morgan fingerprint density at radius 3 is 2.56 bits per heavy atom. The first-order valence-electron chi connectivity index (χ1n) is 4.41. The van der Waals surface area contributed by atoms with Gasteiger partial charge in [-0.1, -0.05) is 23.2 Å². The Hall–Kier alpha value is -1.26. The van der Waals surface area contributed by atoms with Crippen LogP contribution in [0.15, 0.2) is 22.3 Å². The molecule has 0 heterocycles. The topological polar surface area (TPSA) is 48.2 Å². The molecule has 0 saturated carbocycles. The van der Waals surface area contributed by atoms with Crippen LogP contribution in [-0.2, 0) is 0 Å². The van der Waals surface area contributed by atoms with Gasteiger partial charge < -0.3 is 10.0 Å². The van der Waals surface area contributed by atoms with Crippen LogP contribution in [0, 0.1) is 0 Å². The van der Waals surface area contributed by atoms with Crippen LogP contribution in [0.4, 0.5) is 0 Å². The maximum atomic E-state index is 9.59. The second-order valence-electron chi connectivity index (χ2n) is 3.26. The lowest BCUT2D eigenvalue weighted by atomic mass is 10.2. The number of benzene rings is 1. The highest BCUT2D eigenvalue weighted by Gasteiger charge is 2.05. The monoisotopic (exact) mass is 259 g/mol. The number of aromatic hydroxyl groups is 1. The minimum Gasteiger partial charge on any atom is -0.506 e. The van der Waals surface area contributed by atoms with Gasteiger partial charge in [0.2, 0.25) is 0 Å². The van der Waals surface area contributed by atoms with Gasteiger partial charge in [0, 0.05) is 24.7 Å². The van der Waals surface area contributed by atoms with E-state index >= 15 is 0 Å². The van der Waals surface area contributed by atoms with E-state index in [-0.39, 0.29) is 10.8 Å². The van der Waals surface area contributed by atoms with Crippen LogP contribution >= 0.6 is 23.2 Å². The van der Waals surface area contributed by atoms with Crippen molar-refractivity contribution in [3.8, 4) is 5.75 Å². The molecule has 1 aromatic carbocycles. The molecule has 0 aliphatic carbocycles. The number of halogens is 2. The molecule has 1 aromatic rings. The molecule has 1 rings (SSSR count). The largest absolute Gasteiger partial charge is 0.506 e. The van der Waals surface area contributed by atoms with Crippen molar-refractivity contribution in [3.63, 3.8) is 0 Å². The van der Waals surface area contributed by atoms with E-state index in [0.29, 0.717) is 10.6 Å². The molecule has 0 saturated heterocycles. The molecule has 0 aliphatic rings. The van der Waals surface area contributed by atoms with Crippen LogP contribution < -0.4 is 0 Å². The van der Waals surface area contributed by atoms with Crippen LogP contribution in [0.25, 0.3) is 0 Å². The minimum atomic E-state index is -0.0603. The van der Waals surface area contributed by atoms with Crippen molar-refractivity contribution in [2.45, 2.75) is 0 Å². The van der Waals surface area contributed by atoms with Crippen molar-refractivity contribution < 1.29 is 5.11 Å². The molecule has 86 valence electrons. The molecular formula is C10H11Cl2N3O. The van der Waals surface area contributed by atoms with Crippen molar-refractivity contribution in [2.24, 2.45) is 10.2 Å². The third-order valence-corrected chi connectivity index (χ3v) is 2.11. The number of hydrogen-bond acceptors (Lipinski definition) is 3. The fraction of sp³-hybridized carbons (Fsp3) is 0.200. The maximum absolute atomic E-state index is 9.59.